The molecule has 0 N–H and O–H groups in total. The molecule has 6 nitrogen and oxygen atoms in total. The Bertz CT molecular complexity index is 727. The van der Waals surface area contributed by atoms with Crippen molar-refractivity contribution in [2.45, 2.75) is 39.8 Å². The van der Waals surface area contributed by atoms with Crippen LogP contribution in [0.2, 0.25) is 5.02 Å². The van der Waals surface area contributed by atoms with Gasteiger partial charge >= 0.3 is 0 Å². The predicted molar refractivity (Wildman–Crippen MR) is 87.2 cm³/mol. The van der Waals surface area contributed by atoms with E-state index in [1.807, 2.05) is 11.8 Å². The molecule has 1 amide bonds. The lowest BCUT2D eigenvalue weighted by Crippen LogP contribution is -2.42. The smallest absolute Gasteiger partial charge is 0.255 e. The van der Waals surface area contributed by atoms with Crippen molar-refractivity contribution in [1.29, 1.82) is 0 Å². The summed E-state index contributed by atoms with van der Waals surface area (Å²) in [7, 11) is 0. The monoisotopic (exact) mass is 333 g/mol. The Morgan fingerprint density at radius 1 is 1.39 bits per heavy atom. The summed E-state index contributed by atoms with van der Waals surface area (Å²) in [4.78, 5) is 18.6. The summed E-state index contributed by atoms with van der Waals surface area (Å²) < 4.78 is 2.17. The summed E-state index contributed by atoms with van der Waals surface area (Å²) in [6, 6.07) is 1.85. The minimum Gasteiger partial charge on any atom is -0.329 e. The molecule has 1 aliphatic rings. The molecule has 23 heavy (non-hydrogen) atoms. The van der Waals surface area contributed by atoms with Gasteiger partial charge in [0.1, 0.15) is 5.82 Å². The number of nitrogens with zero attached hydrogens (tertiary/aromatic N) is 5. The molecule has 0 bridgehead atoms. The fourth-order valence-corrected chi connectivity index (χ4v) is 3.33. The zero-order valence-electron chi connectivity index (χ0n) is 13.5. The maximum atomic E-state index is 12.8. The minimum atomic E-state index is -0.0688. The van der Waals surface area contributed by atoms with Gasteiger partial charge in [0, 0.05) is 18.9 Å². The van der Waals surface area contributed by atoms with Crippen LogP contribution in [0.1, 0.15) is 48.3 Å². The third-order valence-electron chi connectivity index (χ3n) is 4.05. The molecule has 2 aromatic rings. The first-order valence-corrected chi connectivity index (χ1v) is 8.13. The van der Waals surface area contributed by atoms with E-state index in [9.17, 15) is 4.79 Å². The van der Waals surface area contributed by atoms with Crippen LogP contribution in [0.4, 0.5) is 0 Å². The first-order chi connectivity index (χ1) is 11.0. The van der Waals surface area contributed by atoms with Gasteiger partial charge in [0.2, 0.25) is 0 Å². The fraction of sp³-hybridized carbons (Fsp3) is 0.500. The van der Waals surface area contributed by atoms with Gasteiger partial charge in [-0.05, 0) is 25.3 Å². The summed E-state index contributed by atoms with van der Waals surface area (Å²) >= 11 is 5.95. The molecule has 0 saturated carbocycles. The molecule has 0 radical (unpaired) electrons. The number of hydrogen-bond donors (Lipinski definition) is 0. The third kappa shape index (κ3) is 3.22. The summed E-state index contributed by atoms with van der Waals surface area (Å²) in [5.74, 6) is 2.20. The number of fused-ring (bicyclic) bond motifs is 1. The van der Waals surface area contributed by atoms with Crippen LogP contribution in [0.3, 0.4) is 0 Å². The van der Waals surface area contributed by atoms with Crippen molar-refractivity contribution in [2.24, 2.45) is 5.92 Å². The maximum Gasteiger partial charge on any atom is 0.255 e. The third-order valence-corrected chi connectivity index (χ3v) is 4.25. The lowest BCUT2D eigenvalue weighted by Gasteiger charge is -2.35. The molecule has 0 saturated heterocycles. The van der Waals surface area contributed by atoms with Gasteiger partial charge in [0.15, 0.2) is 5.82 Å². The summed E-state index contributed by atoms with van der Waals surface area (Å²) in [5.41, 5.74) is 0.505. The van der Waals surface area contributed by atoms with Crippen molar-refractivity contribution in [3.8, 4) is 0 Å². The highest BCUT2D eigenvalue weighted by Gasteiger charge is 2.31. The highest BCUT2D eigenvalue weighted by Crippen LogP contribution is 2.28. The van der Waals surface area contributed by atoms with E-state index in [0.717, 1.165) is 18.1 Å². The second-order valence-electron chi connectivity index (χ2n) is 6.39. The molecule has 3 rings (SSSR count). The Hall–Kier alpha value is -1.95. The van der Waals surface area contributed by atoms with Crippen molar-refractivity contribution >= 4 is 17.5 Å². The Balaban J connectivity index is 1.89. The van der Waals surface area contributed by atoms with Gasteiger partial charge in [0.05, 0.1) is 23.2 Å². The van der Waals surface area contributed by atoms with Gasteiger partial charge in [-0.25, -0.2) is 0 Å². The first kappa shape index (κ1) is 15.9. The van der Waals surface area contributed by atoms with Crippen molar-refractivity contribution in [2.75, 3.05) is 6.54 Å². The molecule has 0 fully saturated rings. The van der Waals surface area contributed by atoms with Crippen LogP contribution in [0, 0.1) is 12.8 Å². The first-order valence-electron chi connectivity index (χ1n) is 7.76. The molecule has 3 heterocycles. The van der Waals surface area contributed by atoms with Gasteiger partial charge in [-0.3, -0.25) is 9.78 Å². The number of halogens is 1. The van der Waals surface area contributed by atoms with E-state index in [4.69, 9.17) is 11.6 Å². The SMILES string of the molecule is Cc1nnc2n1[C@@H](CC(C)C)CN(C(=O)c1cncc(Cl)c1)C2. The zero-order chi connectivity index (χ0) is 16.6. The molecule has 1 aliphatic heterocycles. The van der Waals surface area contributed by atoms with Crippen LogP contribution in [0.5, 0.6) is 0 Å². The number of aromatic nitrogens is 4. The van der Waals surface area contributed by atoms with Crippen LogP contribution >= 0.6 is 11.6 Å². The van der Waals surface area contributed by atoms with Gasteiger partial charge < -0.3 is 9.47 Å². The van der Waals surface area contributed by atoms with Crippen molar-refractivity contribution in [3.63, 3.8) is 0 Å². The number of amides is 1. The average Bonchev–Trinajstić information content (AvgIpc) is 2.87. The molecule has 7 heteroatoms. The van der Waals surface area contributed by atoms with Crippen molar-refractivity contribution in [1.82, 2.24) is 24.6 Å². The fourth-order valence-electron chi connectivity index (χ4n) is 3.16. The van der Waals surface area contributed by atoms with Gasteiger partial charge in [-0.2, -0.15) is 0 Å². The van der Waals surface area contributed by atoms with Crippen molar-refractivity contribution in [3.05, 3.63) is 40.7 Å². The molecule has 2 aromatic heterocycles. The second kappa shape index (κ2) is 6.28. The van der Waals surface area contributed by atoms with E-state index >= 15 is 0 Å². The van der Waals surface area contributed by atoms with E-state index in [0.29, 0.717) is 29.6 Å². The Kier molecular flexibility index (Phi) is 4.35. The van der Waals surface area contributed by atoms with Crippen LogP contribution in [0.25, 0.3) is 0 Å². The molecule has 0 spiro atoms. The lowest BCUT2D eigenvalue weighted by molar-refractivity contribution is 0.0660. The molecular weight excluding hydrogens is 314 g/mol. The van der Waals surface area contributed by atoms with Crippen molar-refractivity contribution < 1.29 is 4.79 Å². The maximum absolute atomic E-state index is 12.8. The Morgan fingerprint density at radius 3 is 2.87 bits per heavy atom. The number of carbonyl (C=O) groups is 1. The van der Waals surface area contributed by atoms with E-state index in [1.54, 1.807) is 12.3 Å². The number of aryl methyl sites for hydroxylation is 1. The predicted octanol–water partition coefficient (Wildman–Crippen LogP) is 2.88. The molecule has 0 aliphatic carbocycles. The van der Waals surface area contributed by atoms with Crippen LogP contribution in [-0.2, 0) is 6.54 Å². The normalized spacial score (nSPS) is 17.4. The van der Waals surface area contributed by atoms with Crippen LogP contribution in [-0.4, -0.2) is 37.1 Å². The molecule has 122 valence electrons. The zero-order valence-corrected chi connectivity index (χ0v) is 14.3. The number of rotatable bonds is 3. The second-order valence-corrected chi connectivity index (χ2v) is 6.83. The topological polar surface area (TPSA) is 63.9 Å². The summed E-state index contributed by atoms with van der Waals surface area (Å²) in [5, 5.41) is 8.88. The van der Waals surface area contributed by atoms with Gasteiger partial charge in [-0.15, -0.1) is 10.2 Å². The van der Waals surface area contributed by atoms with Crippen LogP contribution in [0.15, 0.2) is 18.5 Å². The Labute approximate surface area is 140 Å². The Morgan fingerprint density at radius 2 is 2.17 bits per heavy atom. The van der Waals surface area contributed by atoms with E-state index in [-0.39, 0.29) is 11.9 Å². The number of carbonyl (C=O) groups excluding carboxylic acids is 1. The minimum absolute atomic E-state index is 0.0688. The van der Waals surface area contributed by atoms with Crippen LogP contribution < -0.4 is 0 Å². The highest BCUT2D eigenvalue weighted by atomic mass is 35.5. The standard InChI is InChI=1S/C16H20ClN5O/c1-10(2)4-14-8-21(9-15-20-19-11(3)22(14)15)16(23)12-5-13(17)7-18-6-12/h5-7,10,14H,4,8-9H2,1-3H3/t14-/m0/s1. The number of hydrogen-bond acceptors (Lipinski definition) is 4. The highest BCUT2D eigenvalue weighted by molar-refractivity contribution is 6.30. The number of pyridine rings is 1. The largest absolute Gasteiger partial charge is 0.329 e. The summed E-state index contributed by atoms with van der Waals surface area (Å²) in [6.07, 6.45) is 4.05. The van der Waals surface area contributed by atoms with E-state index in [1.165, 1.54) is 6.20 Å². The molecule has 1 atom stereocenters. The van der Waals surface area contributed by atoms with E-state index < -0.39 is 0 Å². The molecule has 0 unspecified atom stereocenters. The van der Waals surface area contributed by atoms with E-state index in [2.05, 4.69) is 33.6 Å². The average molecular weight is 334 g/mol. The van der Waals surface area contributed by atoms with Gasteiger partial charge in [-0.1, -0.05) is 25.4 Å². The molecule has 0 aromatic carbocycles. The summed E-state index contributed by atoms with van der Waals surface area (Å²) in [6.45, 7) is 7.43. The van der Waals surface area contributed by atoms with Gasteiger partial charge in [0.25, 0.3) is 5.91 Å². The quantitative estimate of drug-likeness (QED) is 0.866. The lowest BCUT2D eigenvalue weighted by atomic mass is 10.0. The molecular formula is C16H20ClN5O.